The van der Waals surface area contributed by atoms with E-state index < -0.39 is 0 Å². The number of rotatable bonds is 7. The number of benzene rings is 1. The van der Waals surface area contributed by atoms with Gasteiger partial charge in [0.15, 0.2) is 0 Å². The van der Waals surface area contributed by atoms with Crippen molar-refractivity contribution in [2.24, 2.45) is 0 Å². The first-order valence-corrected chi connectivity index (χ1v) is 7.56. The largest absolute Gasteiger partial charge is 0.459 e. The number of nitrogens with two attached hydrogens (primary N) is 1. The molecule has 0 saturated heterocycles. The van der Waals surface area contributed by atoms with Crippen LogP contribution in [0.3, 0.4) is 0 Å². The lowest BCUT2D eigenvalue weighted by Gasteiger charge is -2.04. The maximum absolute atomic E-state index is 11.9. The Morgan fingerprint density at radius 1 is 1.25 bits per heavy atom. The first-order chi connectivity index (χ1) is 9.70. The molecule has 0 saturated carbocycles. The lowest BCUT2D eigenvalue weighted by atomic mass is 10.2. The summed E-state index contributed by atoms with van der Waals surface area (Å²) in [7, 11) is 0. The van der Waals surface area contributed by atoms with Crippen LogP contribution in [0, 0.1) is 0 Å². The number of hydrogen-bond acceptors (Lipinski definition) is 5. The van der Waals surface area contributed by atoms with Gasteiger partial charge in [-0.25, -0.2) is 4.79 Å². The first kappa shape index (κ1) is 14.8. The van der Waals surface area contributed by atoms with Crippen LogP contribution in [0.2, 0.25) is 0 Å². The van der Waals surface area contributed by atoms with Crippen LogP contribution in [0.25, 0.3) is 10.1 Å². The third-order valence-electron chi connectivity index (χ3n) is 2.84. The molecule has 0 aliphatic rings. The number of esters is 1. The molecule has 0 unspecified atom stereocenters. The molecule has 20 heavy (non-hydrogen) atoms. The molecule has 1 aromatic carbocycles. The minimum atomic E-state index is -0.302. The third kappa shape index (κ3) is 3.95. The molecule has 108 valence electrons. The number of carbonyl (C=O) groups excluding carboxylic acids is 1. The maximum Gasteiger partial charge on any atom is 0.348 e. The Bertz CT molecular complexity index is 580. The van der Waals surface area contributed by atoms with E-state index in [2.05, 4.69) is 6.92 Å². The van der Waals surface area contributed by atoms with Gasteiger partial charge in [0.2, 0.25) is 0 Å². The minimum Gasteiger partial charge on any atom is -0.459 e. The molecular formula is C15H19NO3S. The topological polar surface area (TPSA) is 61.5 Å². The molecule has 0 aliphatic carbocycles. The van der Waals surface area contributed by atoms with E-state index >= 15 is 0 Å². The third-order valence-corrected chi connectivity index (χ3v) is 3.94. The number of hydrogen-bond donors (Lipinski definition) is 1. The van der Waals surface area contributed by atoms with E-state index in [9.17, 15) is 4.79 Å². The van der Waals surface area contributed by atoms with Gasteiger partial charge in [-0.2, -0.15) is 0 Å². The van der Waals surface area contributed by atoms with Gasteiger partial charge in [-0.05, 0) is 36.1 Å². The van der Waals surface area contributed by atoms with Gasteiger partial charge in [0.25, 0.3) is 0 Å². The standard InChI is InChI=1S/C15H19NO3S/c1-2-3-6-18-7-8-19-15(17)14-10-11-9-12(16)4-5-13(11)20-14/h4-5,9-10H,2-3,6-8,16H2,1H3. The van der Waals surface area contributed by atoms with Crippen molar-refractivity contribution < 1.29 is 14.3 Å². The fourth-order valence-corrected chi connectivity index (χ4v) is 2.71. The summed E-state index contributed by atoms with van der Waals surface area (Å²) < 4.78 is 11.6. The highest BCUT2D eigenvalue weighted by atomic mass is 32.1. The number of nitrogen functional groups attached to an aromatic ring is 1. The fraction of sp³-hybridized carbons (Fsp3) is 0.400. The summed E-state index contributed by atoms with van der Waals surface area (Å²) in [6, 6.07) is 7.42. The highest BCUT2D eigenvalue weighted by Crippen LogP contribution is 2.27. The molecule has 1 heterocycles. The van der Waals surface area contributed by atoms with E-state index in [0.717, 1.165) is 29.5 Å². The molecule has 0 aliphatic heterocycles. The maximum atomic E-state index is 11.9. The van der Waals surface area contributed by atoms with Crippen LogP contribution >= 0.6 is 11.3 Å². The molecule has 0 amide bonds. The SMILES string of the molecule is CCCCOCCOC(=O)c1cc2cc(N)ccc2s1. The van der Waals surface area contributed by atoms with Gasteiger partial charge in [-0.15, -0.1) is 11.3 Å². The normalized spacial score (nSPS) is 10.8. The monoisotopic (exact) mass is 293 g/mol. The van der Waals surface area contributed by atoms with Crippen LogP contribution in [0.5, 0.6) is 0 Å². The van der Waals surface area contributed by atoms with Crippen molar-refractivity contribution in [3.8, 4) is 0 Å². The first-order valence-electron chi connectivity index (χ1n) is 6.74. The lowest BCUT2D eigenvalue weighted by molar-refractivity contribution is 0.0318. The van der Waals surface area contributed by atoms with Crippen LogP contribution in [0.1, 0.15) is 29.4 Å². The molecule has 2 rings (SSSR count). The minimum absolute atomic E-state index is 0.291. The summed E-state index contributed by atoms with van der Waals surface area (Å²) in [6.07, 6.45) is 2.14. The summed E-state index contributed by atoms with van der Waals surface area (Å²) in [6.45, 7) is 3.57. The number of ether oxygens (including phenoxy) is 2. The van der Waals surface area contributed by atoms with Crippen LogP contribution in [0.15, 0.2) is 24.3 Å². The van der Waals surface area contributed by atoms with Crippen molar-refractivity contribution in [1.82, 2.24) is 0 Å². The average Bonchev–Trinajstić information content (AvgIpc) is 2.85. The molecule has 0 bridgehead atoms. The fourth-order valence-electron chi connectivity index (χ4n) is 1.78. The van der Waals surface area contributed by atoms with Crippen molar-refractivity contribution in [3.05, 3.63) is 29.1 Å². The van der Waals surface area contributed by atoms with Crippen LogP contribution in [-0.4, -0.2) is 25.8 Å². The Labute approximate surface area is 122 Å². The van der Waals surface area contributed by atoms with Crippen molar-refractivity contribution in [2.75, 3.05) is 25.6 Å². The smallest absolute Gasteiger partial charge is 0.348 e. The molecule has 0 spiro atoms. The number of thiophene rings is 1. The second-order valence-corrected chi connectivity index (χ2v) is 5.59. The summed E-state index contributed by atoms with van der Waals surface area (Å²) in [5.41, 5.74) is 6.41. The summed E-state index contributed by atoms with van der Waals surface area (Å²) in [5, 5.41) is 0.973. The number of anilines is 1. The number of carbonyl (C=O) groups is 1. The van der Waals surface area contributed by atoms with E-state index in [-0.39, 0.29) is 5.97 Å². The van der Waals surface area contributed by atoms with Crippen LogP contribution < -0.4 is 5.73 Å². The number of unbranched alkanes of at least 4 members (excludes halogenated alkanes) is 1. The highest BCUT2D eigenvalue weighted by molar-refractivity contribution is 7.20. The average molecular weight is 293 g/mol. The Morgan fingerprint density at radius 2 is 2.10 bits per heavy atom. The highest BCUT2D eigenvalue weighted by Gasteiger charge is 2.11. The summed E-state index contributed by atoms with van der Waals surface area (Å²) in [5.74, 6) is -0.302. The zero-order valence-electron chi connectivity index (χ0n) is 11.6. The van der Waals surface area contributed by atoms with Gasteiger partial charge in [0.05, 0.1) is 6.61 Å². The molecule has 4 nitrogen and oxygen atoms in total. The lowest BCUT2D eigenvalue weighted by Crippen LogP contribution is -2.10. The van der Waals surface area contributed by atoms with E-state index in [4.69, 9.17) is 15.2 Å². The van der Waals surface area contributed by atoms with Crippen LogP contribution in [-0.2, 0) is 9.47 Å². The predicted molar refractivity (Wildman–Crippen MR) is 82.2 cm³/mol. The van der Waals surface area contributed by atoms with Crippen molar-refractivity contribution in [2.45, 2.75) is 19.8 Å². The molecule has 0 atom stereocenters. The van der Waals surface area contributed by atoms with E-state index in [0.29, 0.717) is 23.8 Å². The predicted octanol–water partition coefficient (Wildman–Crippen LogP) is 3.46. The second-order valence-electron chi connectivity index (χ2n) is 4.51. The van der Waals surface area contributed by atoms with Gasteiger partial charge in [0.1, 0.15) is 11.5 Å². The molecule has 2 aromatic rings. The second kappa shape index (κ2) is 7.26. The van der Waals surface area contributed by atoms with E-state index in [1.807, 2.05) is 24.3 Å². The van der Waals surface area contributed by atoms with Gasteiger partial charge < -0.3 is 15.2 Å². The van der Waals surface area contributed by atoms with Crippen LogP contribution in [0.4, 0.5) is 5.69 Å². The van der Waals surface area contributed by atoms with E-state index in [1.165, 1.54) is 11.3 Å². The molecule has 0 fully saturated rings. The summed E-state index contributed by atoms with van der Waals surface area (Å²) >= 11 is 1.42. The summed E-state index contributed by atoms with van der Waals surface area (Å²) in [4.78, 5) is 12.5. The molecule has 1 aromatic heterocycles. The Morgan fingerprint density at radius 3 is 2.90 bits per heavy atom. The Balaban J connectivity index is 1.85. The van der Waals surface area contributed by atoms with Gasteiger partial charge in [-0.1, -0.05) is 13.3 Å². The molecule has 5 heteroatoms. The van der Waals surface area contributed by atoms with Gasteiger partial charge in [-0.3, -0.25) is 0 Å². The van der Waals surface area contributed by atoms with E-state index in [1.54, 1.807) is 0 Å². The van der Waals surface area contributed by atoms with Crippen molar-refractivity contribution in [3.63, 3.8) is 0 Å². The van der Waals surface area contributed by atoms with Gasteiger partial charge in [0, 0.05) is 17.0 Å². The Kier molecular flexibility index (Phi) is 5.38. The number of fused-ring (bicyclic) bond motifs is 1. The molecular weight excluding hydrogens is 274 g/mol. The van der Waals surface area contributed by atoms with Crippen molar-refractivity contribution in [1.29, 1.82) is 0 Å². The quantitative estimate of drug-likeness (QED) is 0.482. The van der Waals surface area contributed by atoms with Gasteiger partial charge >= 0.3 is 5.97 Å². The molecule has 2 N–H and O–H groups in total. The Hall–Kier alpha value is -1.59. The molecule has 0 radical (unpaired) electrons. The zero-order chi connectivity index (χ0) is 14.4. The van der Waals surface area contributed by atoms with Crippen molar-refractivity contribution >= 4 is 33.1 Å². The zero-order valence-corrected chi connectivity index (χ0v) is 12.4.